The maximum atomic E-state index is 13.7. The molecular weight excluding hydrogens is 497 g/mol. The number of nitrogen functional groups attached to an aromatic ring is 1. The van der Waals surface area contributed by atoms with Crippen LogP contribution in [0.5, 0.6) is 11.5 Å². The number of nitrogens with zero attached hydrogens (tertiary/aromatic N) is 2. The minimum absolute atomic E-state index is 0.0261. The molecule has 0 unspecified atom stereocenters. The summed E-state index contributed by atoms with van der Waals surface area (Å²) in [6.45, 7) is 0.418. The predicted molar refractivity (Wildman–Crippen MR) is 133 cm³/mol. The number of benzene rings is 2. The SMILES string of the molecule is CS(=O)(=O)OCCCCOc1cc2c(-c3ccc(F)c(Cl)c3)nc(N)nc2cc1OC1CCCC1. The van der Waals surface area contributed by atoms with Gasteiger partial charge in [0.1, 0.15) is 5.82 Å². The van der Waals surface area contributed by atoms with Gasteiger partial charge in [-0.1, -0.05) is 11.6 Å². The van der Waals surface area contributed by atoms with Crippen molar-refractivity contribution >= 4 is 38.6 Å². The van der Waals surface area contributed by atoms with Crippen molar-refractivity contribution in [2.24, 2.45) is 0 Å². The molecule has 11 heteroatoms. The summed E-state index contributed by atoms with van der Waals surface area (Å²) in [6, 6.07) is 7.91. The van der Waals surface area contributed by atoms with Crippen molar-refractivity contribution in [2.75, 3.05) is 25.2 Å². The van der Waals surface area contributed by atoms with E-state index in [4.69, 9.17) is 31.0 Å². The highest BCUT2D eigenvalue weighted by molar-refractivity contribution is 7.85. The Morgan fingerprint density at radius 1 is 1.09 bits per heavy atom. The summed E-state index contributed by atoms with van der Waals surface area (Å²) in [7, 11) is -3.47. The zero-order valence-corrected chi connectivity index (χ0v) is 20.9. The normalized spacial score (nSPS) is 14.5. The van der Waals surface area contributed by atoms with Crippen molar-refractivity contribution in [2.45, 2.75) is 44.6 Å². The lowest BCUT2D eigenvalue weighted by Crippen LogP contribution is -2.12. The molecule has 2 N–H and O–H groups in total. The number of fused-ring (bicyclic) bond motifs is 1. The Morgan fingerprint density at radius 2 is 1.83 bits per heavy atom. The van der Waals surface area contributed by atoms with Crippen LogP contribution in [0.25, 0.3) is 22.2 Å². The molecule has 4 rings (SSSR count). The zero-order chi connectivity index (χ0) is 25.0. The van der Waals surface area contributed by atoms with Crippen LogP contribution in [-0.2, 0) is 14.3 Å². The fourth-order valence-corrected chi connectivity index (χ4v) is 4.61. The summed E-state index contributed by atoms with van der Waals surface area (Å²) in [5.74, 6) is 0.603. The quantitative estimate of drug-likeness (QED) is 0.287. The van der Waals surface area contributed by atoms with Gasteiger partial charge in [-0.2, -0.15) is 8.42 Å². The van der Waals surface area contributed by atoms with Gasteiger partial charge in [0.2, 0.25) is 5.95 Å². The molecular formula is C24H27ClFN3O5S. The van der Waals surface area contributed by atoms with Crippen molar-refractivity contribution in [3.63, 3.8) is 0 Å². The first-order chi connectivity index (χ1) is 16.7. The third kappa shape index (κ3) is 6.71. The van der Waals surface area contributed by atoms with E-state index in [1.165, 1.54) is 12.1 Å². The number of nitrogens with two attached hydrogens (primary N) is 1. The number of rotatable bonds is 10. The van der Waals surface area contributed by atoms with Gasteiger partial charge in [-0.3, -0.25) is 4.18 Å². The summed E-state index contributed by atoms with van der Waals surface area (Å²) >= 11 is 6.00. The maximum absolute atomic E-state index is 13.7. The van der Waals surface area contributed by atoms with Crippen molar-refractivity contribution in [3.8, 4) is 22.8 Å². The van der Waals surface area contributed by atoms with E-state index in [9.17, 15) is 12.8 Å². The highest BCUT2D eigenvalue weighted by atomic mass is 35.5. The monoisotopic (exact) mass is 523 g/mol. The Bertz CT molecular complexity index is 1320. The van der Waals surface area contributed by atoms with Crippen LogP contribution in [-0.4, -0.2) is 44.0 Å². The molecule has 1 fully saturated rings. The number of ether oxygens (including phenoxy) is 2. The number of halogens is 2. The lowest BCUT2D eigenvalue weighted by Gasteiger charge is -2.18. The van der Waals surface area contributed by atoms with E-state index in [-0.39, 0.29) is 23.7 Å². The molecule has 0 radical (unpaired) electrons. The Morgan fingerprint density at radius 3 is 2.54 bits per heavy atom. The first kappa shape index (κ1) is 25.4. The number of anilines is 1. The van der Waals surface area contributed by atoms with E-state index >= 15 is 0 Å². The predicted octanol–water partition coefficient (Wildman–Crippen LogP) is 5.13. The molecule has 1 aliphatic rings. The summed E-state index contributed by atoms with van der Waals surface area (Å²) in [5.41, 5.74) is 7.63. The lowest BCUT2D eigenvalue weighted by molar-refractivity contribution is 0.193. The Kier molecular flexibility index (Phi) is 7.93. The molecule has 3 aromatic rings. The van der Waals surface area contributed by atoms with Crippen LogP contribution in [0.3, 0.4) is 0 Å². The molecule has 1 aromatic heterocycles. The van der Waals surface area contributed by atoms with Gasteiger partial charge in [-0.15, -0.1) is 0 Å². The van der Waals surface area contributed by atoms with Crippen LogP contribution in [0.1, 0.15) is 38.5 Å². The van der Waals surface area contributed by atoms with E-state index in [1.807, 2.05) is 0 Å². The molecule has 1 aliphatic carbocycles. The second kappa shape index (κ2) is 10.9. The van der Waals surface area contributed by atoms with Crippen LogP contribution in [0, 0.1) is 5.82 Å². The summed E-state index contributed by atoms with van der Waals surface area (Å²) in [5, 5.41) is 0.623. The van der Waals surface area contributed by atoms with E-state index in [1.54, 1.807) is 18.2 Å². The first-order valence-electron chi connectivity index (χ1n) is 11.4. The van der Waals surface area contributed by atoms with Crippen molar-refractivity contribution in [1.29, 1.82) is 0 Å². The van der Waals surface area contributed by atoms with E-state index in [0.29, 0.717) is 53.1 Å². The molecule has 8 nitrogen and oxygen atoms in total. The molecule has 2 aromatic carbocycles. The van der Waals surface area contributed by atoms with Crippen molar-refractivity contribution in [3.05, 3.63) is 41.2 Å². The fourth-order valence-electron chi connectivity index (χ4n) is 4.01. The Balaban J connectivity index is 1.64. The molecule has 0 amide bonds. The second-order valence-corrected chi connectivity index (χ2v) is 10.5. The average molecular weight is 524 g/mol. The third-order valence-electron chi connectivity index (χ3n) is 5.66. The largest absolute Gasteiger partial charge is 0.490 e. The number of aromatic nitrogens is 2. The van der Waals surface area contributed by atoms with Crippen LogP contribution < -0.4 is 15.2 Å². The first-order valence-corrected chi connectivity index (χ1v) is 13.6. The maximum Gasteiger partial charge on any atom is 0.264 e. The number of hydrogen-bond acceptors (Lipinski definition) is 8. The van der Waals surface area contributed by atoms with Gasteiger partial charge < -0.3 is 15.2 Å². The van der Waals surface area contributed by atoms with Crippen LogP contribution in [0.4, 0.5) is 10.3 Å². The highest BCUT2D eigenvalue weighted by Gasteiger charge is 2.21. The van der Waals surface area contributed by atoms with Crippen LogP contribution in [0.2, 0.25) is 5.02 Å². The molecule has 188 valence electrons. The molecule has 1 saturated carbocycles. The van der Waals surface area contributed by atoms with Gasteiger partial charge >= 0.3 is 0 Å². The van der Waals surface area contributed by atoms with Gasteiger partial charge in [0.15, 0.2) is 11.5 Å². The standard InChI is InChI=1S/C24H27ClFN3O5S/c1-35(30,31)33-11-5-4-10-32-21-13-17-20(14-22(21)34-16-6-2-3-7-16)28-24(27)29-23(17)15-8-9-19(26)18(25)12-15/h8-9,12-14,16H,2-7,10-11H2,1H3,(H2,27,28,29). The van der Waals surface area contributed by atoms with Gasteiger partial charge in [-0.05, 0) is 62.8 Å². The van der Waals surface area contributed by atoms with Crippen LogP contribution in [0.15, 0.2) is 30.3 Å². The van der Waals surface area contributed by atoms with Gasteiger partial charge in [0.05, 0.1) is 41.8 Å². The molecule has 1 heterocycles. The number of hydrogen-bond donors (Lipinski definition) is 1. The Labute approximate surface area is 208 Å². The molecule has 0 atom stereocenters. The summed E-state index contributed by atoms with van der Waals surface area (Å²) in [4.78, 5) is 8.75. The Hall–Kier alpha value is -2.69. The van der Waals surface area contributed by atoms with E-state index in [2.05, 4.69) is 9.97 Å². The molecule has 0 bridgehead atoms. The summed E-state index contributed by atoms with van der Waals surface area (Å²) < 4.78 is 53.0. The fraction of sp³-hybridized carbons (Fsp3) is 0.417. The topological polar surface area (TPSA) is 114 Å². The molecule has 0 spiro atoms. The summed E-state index contributed by atoms with van der Waals surface area (Å²) in [6.07, 6.45) is 6.35. The lowest BCUT2D eigenvalue weighted by atomic mass is 10.1. The number of unbranched alkanes of at least 4 members (excludes halogenated alkanes) is 1. The van der Waals surface area contributed by atoms with E-state index in [0.717, 1.165) is 31.9 Å². The van der Waals surface area contributed by atoms with E-state index < -0.39 is 15.9 Å². The minimum atomic E-state index is -3.47. The van der Waals surface area contributed by atoms with Gasteiger partial charge in [0, 0.05) is 17.0 Å². The van der Waals surface area contributed by atoms with Gasteiger partial charge in [-0.25, -0.2) is 14.4 Å². The molecule has 35 heavy (non-hydrogen) atoms. The highest BCUT2D eigenvalue weighted by Crippen LogP contribution is 2.39. The minimum Gasteiger partial charge on any atom is -0.490 e. The van der Waals surface area contributed by atoms with Crippen molar-refractivity contribution in [1.82, 2.24) is 9.97 Å². The second-order valence-electron chi connectivity index (χ2n) is 8.48. The molecule has 0 aliphatic heterocycles. The van der Waals surface area contributed by atoms with Crippen LogP contribution >= 0.6 is 11.6 Å². The third-order valence-corrected chi connectivity index (χ3v) is 6.55. The molecule has 0 saturated heterocycles. The zero-order valence-electron chi connectivity index (χ0n) is 19.3. The van der Waals surface area contributed by atoms with Crippen molar-refractivity contribution < 1.29 is 26.5 Å². The smallest absolute Gasteiger partial charge is 0.264 e. The average Bonchev–Trinajstić information content (AvgIpc) is 3.30. The van der Waals surface area contributed by atoms with Gasteiger partial charge in [0.25, 0.3) is 10.1 Å².